The molecule has 1 saturated carbocycles. The molecule has 3 unspecified atom stereocenters. The van der Waals surface area contributed by atoms with Gasteiger partial charge in [0.05, 0.1) is 6.61 Å². The summed E-state index contributed by atoms with van der Waals surface area (Å²) < 4.78 is 0. The number of unbranched alkanes of at least 4 members (excludes halogenated alkanes) is 1. The highest BCUT2D eigenvalue weighted by molar-refractivity contribution is 4.89. The van der Waals surface area contributed by atoms with E-state index in [1.807, 2.05) is 6.92 Å². The number of likely N-dealkylation sites (tertiary alicyclic amines) is 1. The first-order valence-electron chi connectivity index (χ1n) is 7.76. The molecule has 1 aliphatic heterocycles. The summed E-state index contributed by atoms with van der Waals surface area (Å²) in [5.41, 5.74) is 5.58. The summed E-state index contributed by atoms with van der Waals surface area (Å²) in [5, 5.41) is 9.13. The van der Waals surface area contributed by atoms with Gasteiger partial charge in [0, 0.05) is 11.6 Å². The third kappa shape index (κ3) is 3.69. The van der Waals surface area contributed by atoms with Crippen molar-refractivity contribution >= 4 is 0 Å². The lowest BCUT2D eigenvalue weighted by molar-refractivity contribution is 0.109. The first-order chi connectivity index (χ1) is 8.62. The zero-order valence-corrected chi connectivity index (χ0v) is 11.9. The molecule has 0 aromatic heterocycles. The highest BCUT2D eigenvalue weighted by Crippen LogP contribution is 2.36. The monoisotopic (exact) mass is 254 g/mol. The molecule has 2 aliphatic rings. The number of hydrogen-bond donors (Lipinski definition) is 2. The zero-order chi connectivity index (χ0) is 13.0. The van der Waals surface area contributed by atoms with Crippen molar-refractivity contribution in [3.8, 4) is 0 Å². The Balaban J connectivity index is 1.67. The molecule has 3 nitrogen and oxygen atoms in total. The molecule has 3 heteroatoms. The van der Waals surface area contributed by atoms with Gasteiger partial charge in [-0.15, -0.1) is 0 Å². The Hall–Kier alpha value is -0.120. The van der Waals surface area contributed by atoms with Crippen LogP contribution in [0.5, 0.6) is 0 Å². The van der Waals surface area contributed by atoms with Gasteiger partial charge in [0.15, 0.2) is 0 Å². The van der Waals surface area contributed by atoms with E-state index in [0.717, 1.165) is 24.8 Å². The van der Waals surface area contributed by atoms with Crippen molar-refractivity contribution in [2.24, 2.45) is 11.7 Å². The summed E-state index contributed by atoms with van der Waals surface area (Å²) in [7, 11) is 0. The third-order valence-corrected chi connectivity index (χ3v) is 4.91. The van der Waals surface area contributed by atoms with Crippen LogP contribution in [0.15, 0.2) is 0 Å². The number of nitrogens with two attached hydrogens (primary N) is 1. The predicted molar refractivity (Wildman–Crippen MR) is 75.5 cm³/mol. The summed E-state index contributed by atoms with van der Waals surface area (Å²) in [6.07, 6.45) is 10.5. The van der Waals surface area contributed by atoms with Gasteiger partial charge >= 0.3 is 0 Å². The summed E-state index contributed by atoms with van der Waals surface area (Å²) in [5.74, 6) is 0.996. The number of fused-ring (bicyclic) bond motifs is 1. The fourth-order valence-corrected chi connectivity index (χ4v) is 3.76. The molecular weight excluding hydrogens is 224 g/mol. The van der Waals surface area contributed by atoms with Gasteiger partial charge in [0.2, 0.25) is 0 Å². The van der Waals surface area contributed by atoms with Crippen molar-refractivity contribution in [3.05, 3.63) is 0 Å². The summed E-state index contributed by atoms with van der Waals surface area (Å²) in [6, 6.07) is 0.890. The van der Waals surface area contributed by atoms with E-state index in [9.17, 15) is 0 Å². The van der Waals surface area contributed by atoms with Crippen molar-refractivity contribution in [2.75, 3.05) is 19.7 Å². The number of piperidine rings is 1. The van der Waals surface area contributed by atoms with Crippen LogP contribution in [0.1, 0.15) is 58.3 Å². The van der Waals surface area contributed by atoms with Crippen molar-refractivity contribution in [1.82, 2.24) is 4.90 Å². The largest absolute Gasteiger partial charge is 0.394 e. The fourth-order valence-electron chi connectivity index (χ4n) is 3.76. The molecule has 3 N–H and O–H groups in total. The fraction of sp³-hybridized carbons (Fsp3) is 1.00. The second kappa shape index (κ2) is 6.36. The lowest BCUT2D eigenvalue weighted by atomic mass is 9.91. The van der Waals surface area contributed by atoms with E-state index in [0.29, 0.717) is 0 Å². The lowest BCUT2D eigenvalue weighted by Gasteiger charge is -2.38. The predicted octanol–water partition coefficient (Wildman–Crippen LogP) is 2.13. The Bertz CT molecular complexity index is 255. The number of aliphatic hydroxyl groups is 1. The van der Waals surface area contributed by atoms with Crippen LogP contribution in [0.25, 0.3) is 0 Å². The van der Waals surface area contributed by atoms with Gasteiger partial charge in [0.1, 0.15) is 0 Å². The van der Waals surface area contributed by atoms with Crippen LogP contribution in [-0.2, 0) is 0 Å². The minimum absolute atomic E-state index is 0.0986. The van der Waals surface area contributed by atoms with Gasteiger partial charge in [-0.25, -0.2) is 0 Å². The number of aliphatic hydroxyl groups excluding tert-OH is 1. The van der Waals surface area contributed by atoms with E-state index in [4.69, 9.17) is 10.8 Å². The summed E-state index contributed by atoms with van der Waals surface area (Å²) in [4.78, 5) is 2.73. The van der Waals surface area contributed by atoms with E-state index in [2.05, 4.69) is 4.90 Å². The molecule has 0 aromatic rings. The SMILES string of the molecule is CC(N)(CO)CCCCN1CCCC2CCCC21. The third-order valence-electron chi connectivity index (χ3n) is 4.91. The van der Waals surface area contributed by atoms with Gasteiger partial charge in [-0.2, -0.15) is 0 Å². The highest BCUT2D eigenvalue weighted by Gasteiger charge is 2.34. The zero-order valence-electron chi connectivity index (χ0n) is 11.9. The van der Waals surface area contributed by atoms with Gasteiger partial charge < -0.3 is 15.7 Å². The Labute approximate surface area is 112 Å². The first-order valence-corrected chi connectivity index (χ1v) is 7.76. The van der Waals surface area contributed by atoms with Crippen LogP contribution in [0, 0.1) is 5.92 Å². The van der Waals surface area contributed by atoms with Gasteiger partial charge in [-0.1, -0.05) is 12.8 Å². The minimum atomic E-state index is -0.377. The Morgan fingerprint density at radius 2 is 2.00 bits per heavy atom. The summed E-state index contributed by atoms with van der Waals surface area (Å²) in [6.45, 7) is 4.59. The molecule has 18 heavy (non-hydrogen) atoms. The topological polar surface area (TPSA) is 49.5 Å². The normalized spacial score (nSPS) is 32.2. The molecule has 2 fully saturated rings. The molecule has 1 aliphatic carbocycles. The average Bonchev–Trinajstić information content (AvgIpc) is 2.83. The van der Waals surface area contributed by atoms with Crippen molar-refractivity contribution in [3.63, 3.8) is 0 Å². The van der Waals surface area contributed by atoms with Crippen LogP contribution in [0.2, 0.25) is 0 Å². The van der Waals surface area contributed by atoms with E-state index >= 15 is 0 Å². The molecular formula is C15H30N2O. The molecule has 0 spiro atoms. The van der Waals surface area contributed by atoms with Crippen molar-refractivity contribution < 1.29 is 5.11 Å². The average molecular weight is 254 g/mol. The van der Waals surface area contributed by atoms with Crippen LogP contribution < -0.4 is 5.73 Å². The molecule has 0 amide bonds. The number of rotatable bonds is 6. The van der Waals surface area contributed by atoms with Crippen LogP contribution in [-0.4, -0.2) is 41.3 Å². The van der Waals surface area contributed by atoms with E-state index in [-0.39, 0.29) is 12.1 Å². The second-order valence-electron chi connectivity index (χ2n) is 6.71. The molecule has 106 valence electrons. The molecule has 0 aromatic carbocycles. The van der Waals surface area contributed by atoms with Gasteiger partial charge in [-0.3, -0.25) is 0 Å². The van der Waals surface area contributed by atoms with Gasteiger partial charge in [-0.05, 0) is 64.5 Å². The molecule has 3 atom stereocenters. The maximum atomic E-state index is 9.13. The molecule has 0 bridgehead atoms. The van der Waals surface area contributed by atoms with E-state index < -0.39 is 0 Å². The lowest BCUT2D eigenvalue weighted by Crippen LogP contribution is -2.43. The van der Waals surface area contributed by atoms with Crippen LogP contribution in [0.3, 0.4) is 0 Å². The van der Waals surface area contributed by atoms with Crippen molar-refractivity contribution in [2.45, 2.75) is 69.9 Å². The van der Waals surface area contributed by atoms with Crippen molar-refractivity contribution in [1.29, 1.82) is 0 Å². The maximum Gasteiger partial charge on any atom is 0.0608 e. The quantitative estimate of drug-likeness (QED) is 0.714. The standard InChI is InChI=1S/C15H30N2O/c1-15(16,12-18)9-2-3-10-17-11-5-7-13-6-4-8-14(13)17/h13-14,18H,2-12,16H2,1H3. The van der Waals surface area contributed by atoms with Gasteiger partial charge in [0.25, 0.3) is 0 Å². The maximum absolute atomic E-state index is 9.13. The minimum Gasteiger partial charge on any atom is -0.394 e. The Kier molecular flexibility index (Phi) is 5.05. The van der Waals surface area contributed by atoms with Crippen LogP contribution in [0.4, 0.5) is 0 Å². The first kappa shape index (κ1) is 14.3. The molecule has 1 saturated heterocycles. The Morgan fingerprint density at radius 1 is 1.22 bits per heavy atom. The Morgan fingerprint density at radius 3 is 2.78 bits per heavy atom. The van der Waals surface area contributed by atoms with Crippen LogP contribution >= 0.6 is 0 Å². The number of hydrogen-bond acceptors (Lipinski definition) is 3. The molecule has 1 heterocycles. The summed E-state index contributed by atoms with van der Waals surface area (Å²) >= 11 is 0. The highest BCUT2D eigenvalue weighted by atomic mass is 16.3. The molecule has 0 radical (unpaired) electrons. The van der Waals surface area contributed by atoms with E-state index in [1.54, 1.807) is 0 Å². The number of nitrogens with zero attached hydrogens (tertiary/aromatic N) is 1. The molecule has 2 rings (SSSR count). The van der Waals surface area contributed by atoms with E-state index in [1.165, 1.54) is 51.6 Å². The second-order valence-corrected chi connectivity index (χ2v) is 6.71. The smallest absolute Gasteiger partial charge is 0.0608 e.